The third kappa shape index (κ3) is 5.16. The average molecular weight is 318 g/mol. The number of aliphatic carboxylic acids is 1. The van der Waals surface area contributed by atoms with Gasteiger partial charge in [0.2, 0.25) is 15.9 Å². The lowest BCUT2D eigenvalue weighted by Gasteiger charge is -2.13. The lowest BCUT2D eigenvalue weighted by atomic mass is 10.3. The van der Waals surface area contributed by atoms with Crippen molar-refractivity contribution in [1.29, 1.82) is 0 Å². The number of hydrogen-bond donors (Lipinski definition) is 3. The number of carboxylic acids is 1. The zero-order valence-corrected chi connectivity index (χ0v) is 12.6. The first-order valence-electron chi connectivity index (χ1n) is 6.30. The van der Waals surface area contributed by atoms with E-state index in [1.807, 2.05) is 6.92 Å². The Morgan fingerprint density at radius 2 is 2.14 bits per heavy atom. The molecule has 0 spiro atoms. The van der Waals surface area contributed by atoms with Crippen LogP contribution in [0.15, 0.2) is 17.3 Å². The van der Waals surface area contributed by atoms with Crippen LogP contribution in [0.3, 0.4) is 0 Å². The maximum Gasteiger partial charge on any atom is 0.325 e. The highest BCUT2D eigenvalue weighted by Crippen LogP contribution is 2.07. The highest BCUT2D eigenvalue weighted by molar-refractivity contribution is 7.89. The summed E-state index contributed by atoms with van der Waals surface area (Å²) in [7, 11) is -3.93. The molecule has 0 aliphatic carbocycles. The van der Waals surface area contributed by atoms with Crippen LogP contribution in [-0.4, -0.2) is 47.8 Å². The smallest absolute Gasteiger partial charge is 0.325 e. The fourth-order valence-electron chi connectivity index (χ4n) is 1.46. The fourth-order valence-corrected chi connectivity index (χ4v) is 2.62. The maximum atomic E-state index is 12.0. The monoisotopic (exact) mass is 318 g/mol. The minimum atomic E-state index is -3.93. The van der Waals surface area contributed by atoms with Gasteiger partial charge in [0, 0.05) is 12.7 Å². The van der Waals surface area contributed by atoms with Crippen LogP contribution in [0.2, 0.25) is 0 Å². The van der Waals surface area contributed by atoms with Crippen LogP contribution in [0.25, 0.3) is 0 Å². The molecular weight excluding hydrogens is 300 g/mol. The third-order valence-electron chi connectivity index (χ3n) is 2.49. The predicted octanol–water partition coefficient (Wildman–Crippen LogP) is -0.839. The summed E-state index contributed by atoms with van der Waals surface area (Å²) in [5, 5.41) is 14.8. The van der Waals surface area contributed by atoms with E-state index in [-0.39, 0.29) is 4.90 Å². The van der Waals surface area contributed by atoms with E-state index in [9.17, 15) is 18.0 Å². The van der Waals surface area contributed by atoms with E-state index in [0.29, 0.717) is 6.54 Å². The number of nitrogens with one attached hydrogen (secondary N) is 2. The van der Waals surface area contributed by atoms with E-state index in [0.717, 1.165) is 23.5 Å². The molecule has 10 heteroatoms. The van der Waals surface area contributed by atoms with Crippen molar-refractivity contribution in [3.8, 4) is 0 Å². The molecule has 1 amide bonds. The van der Waals surface area contributed by atoms with Gasteiger partial charge in [0.1, 0.15) is 11.4 Å². The molecule has 0 saturated heterocycles. The van der Waals surface area contributed by atoms with Crippen LogP contribution in [0.5, 0.6) is 0 Å². The number of sulfonamides is 1. The minimum absolute atomic E-state index is 0.195. The van der Waals surface area contributed by atoms with Crippen LogP contribution >= 0.6 is 0 Å². The minimum Gasteiger partial charge on any atom is -0.480 e. The van der Waals surface area contributed by atoms with Gasteiger partial charge in [-0.25, -0.2) is 8.42 Å². The number of carboxylic acid groups (broad SMARTS) is 1. The molecule has 0 saturated carbocycles. The molecule has 0 radical (unpaired) electrons. The van der Waals surface area contributed by atoms with E-state index >= 15 is 0 Å². The van der Waals surface area contributed by atoms with Gasteiger partial charge in [0.05, 0.1) is 12.2 Å². The molecule has 0 aliphatic rings. The molecule has 1 unspecified atom stereocenters. The van der Waals surface area contributed by atoms with Crippen molar-refractivity contribution in [2.24, 2.45) is 0 Å². The quantitative estimate of drug-likeness (QED) is 0.573. The summed E-state index contributed by atoms with van der Waals surface area (Å²) in [6, 6.07) is -0.940. The van der Waals surface area contributed by atoms with Gasteiger partial charge >= 0.3 is 5.97 Å². The third-order valence-corrected chi connectivity index (χ3v) is 3.99. The topological polar surface area (TPSA) is 130 Å². The Kier molecular flexibility index (Phi) is 5.85. The molecule has 0 aromatic carbocycles. The first kappa shape index (κ1) is 17.1. The number of hydrogen-bond acceptors (Lipinski definition) is 5. The molecule has 1 heterocycles. The van der Waals surface area contributed by atoms with Gasteiger partial charge < -0.3 is 10.4 Å². The highest BCUT2D eigenvalue weighted by atomic mass is 32.2. The van der Waals surface area contributed by atoms with Crippen molar-refractivity contribution in [3.05, 3.63) is 12.4 Å². The summed E-state index contributed by atoms with van der Waals surface area (Å²) < 4.78 is 27.2. The molecular formula is C11H18N4O5S. The lowest BCUT2D eigenvalue weighted by Crippen LogP contribution is -2.44. The number of amides is 1. The van der Waals surface area contributed by atoms with Crippen LogP contribution in [0.1, 0.15) is 20.3 Å². The molecule has 21 heavy (non-hydrogen) atoms. The van der Waals surface area contributed by atoms with Gasteiger partial charge in [-0.2, -0.15) is 9.82 Å². The average Bonchev–Trinajstić information content (AvgIpc) is 2.83. The number of carbonyl (C=O) groups excluding carboxylic acids is 1. The molecule has 0 bridgehead atoms. The second kappa shape index (κ2) is 7.18. The van der Waals surface area contributed by atoms with Crippen LogP contribution < -0.4 is 10.0 Å². The van der Waals surface area contributed by atoms with Crippen molar-refractivity contribution in [2.75, 3.05) is 6.54 Å². The largest absolute Gasteiger partial charge is 0.480 e. The zero-order valence-electron chi connectivity index (χ0n) is 11.7. The summed E-state index contributed by atoms with van der Waals surface area (Å²) in [6.07, 6.45) is 2.86. The lowest BCUT2D eigenvalue weighted by molar-refractivity contribution is -0.137. The Labute approximate surface area is 122 Å². The second-order valence-corrected chi connectivity index (χ2v) is 6.12. The molecule has 9 nitrogen and oxygen atoms in total. The van der Waals surface area contributed by atoms with Crippen molar-refractivity contribution >= 4 is 21.9 Å². The fraction of sp³-hybridized carbons (Fsp3) is 0.545. The van der Waals surface area contributed by atoms with Crippen molar-refractivity contribution in [2.45, 2.75) is 37.8 Å². The Balaban J connectivity index is 2.74. The summed E-state index contributed by atoms with van der Waals surface area (Å²) >= 11 is 0. The Morgan fingerprint density at radius 3 is 2.71 bits per heavy atom. The van der Waals surface area contributed by atoms with Crippen LogP contribution in [0, 0.1) is 0 Å². The summed E-state index contributed by atoms with van der Waals surface area (Å²) in [6.45, 7) is 3.32. The number of nitrogens with zero attached hydrogens (tertiary/aromatic N) is 2. The van der Waals surface area contributed by atoms with Gasteiger partial charge in [0.15, 0.2) is 0 Å². The maximum absolute atomic E-state index is 12.0. The van der Waals surface area contributed by atoms with Gasteiger partial charge in [0.25, 0.3) is 0 Å². The second-order valence-electron chi connectivity index (χ2n) is 4.40. The molecule has 0 aliphatic heterocycles. The summed E-state index contributed by atoms with van der Waals surface area (Å²) in [5.41, 5.74) is 0. The highest BCUT2D eigenvalue weighted by Gasteiger charge is 2.23. The van der Waals surface area contributed by atoms with E-state index in [1.54, 1.807) is 0 Å². The number of carbonyl (C=O) groups is 2. The van der Waals surface area contributed by atoms with Crippen molar-refractivity contribution in [3.63, 3.8) is 0 Å². The van der Waals surface area contributed by atoms with Gasteiger partial charge in [-0.05, 0) is 13.3 Å². The molecule has 1 rings (SSSR count). The SMILES string of the molecule is CCCNC(=O)C(C)NS(=O)(=O)c1cnn(CC(=O)O)c1. The first-order chi connectivity index (χ1) is 9.76. The van der Waals surface area contributed by atoms with Crippen LogP contribution in [0.4, 0.5) is 0 Å². The van der Waals surface area contributed by atoms with E-state index in [4.69, 9.17) is 5.11 Å². The Morgan fingerprint density at radius 1 is 1.48 bits per heavy atom. The number of aromatic nitrogens is 2. The molecule has 118 valence electrons. The predicted molar refractivity (Wildman–Crippen MR) is 72.9 cm³/mol. The van der Waals surface area contributed by atoms with Crippen molar-refractivity contribution in [1.82, 2.24) is 19.8 Å². The summed E-state index contributed by atoms with van der Waals surface area (Å²) in [5.74, 6) is -1.57. The molecule has 1 aromatic heterocycles. The summed E-state index contributed by atoms with van der Waals surface area (Å²) in [4.78, 5) is 21.9. The molecule has 1 aromatic rings. The van der Waals surface area contributed by atoms with E-state index < -0.39 is 34.5 Å². The van der Waals surface area contributed by atoms with E-state index in [1.165, 1.54) is 6.92 Å². The zero-order chi connectivity index (χ0) is 16.0. The number of rotatable bonds is 8. The Bertz CT molecular complexity index is 610. The molecule has 3 N–H and O–H groups in total. The van der Waals surface area contributed by atoms with E-state index in [2.05, 4.69) is 15.1 Å². The van der Waals surface area contributed by atoms with Gasteiger partial charge in [-0.3, -0.25) is 14.3 Å². The normalized spacial score (nSPS) is 12.9. The van der Waals surface area contributed by atoms with Crippen molar-refractivity contribution < 1.29 is 23.1 Å². The molecule has 0 fully saturated rings. The first-order valence-corrected chi connectivity index (χ1v) is 7.79. The molecule has 1 atom stereocenters. The van der Waals surface area contributed by atoms with Gasteiger partial charge in [-0.15, -0.1) is 0 Å². The van der Waals surface area contributed by atoms with Gasteiger partial charge in [-0.1, -0.05) is 6.92 Å². The van der Waals surface area contributed by atoms with Crippen LogP contribution in [-0.2, 0) is 26.2 Å². The Hall–Kier alpha value is -1.94. The standard InChI is InChI=1S/C11H18N4O5S/c1-3-4-12-11(18)8(2)14-21(19,20)9-5-13-15(6-9)7-10(16)17/h5-6,8,14H,3-4,7H2,1-2H3,(H,12,18)(H,16,17).